The molecule has 126 valence electrons. The van der Waals surface area contributed by atoms with E-state index in [1.165, 1.54) is 12.1 Å². The van der Waals surface area contributed by atoms with Gasteiger partial charge in [0.05, 0.1) is 21.7 Å². The molecule has 0 N–H and O–H groups in total. The number of thioether (sulfide) groups is 1. The molecule has 0 spiro atoms. The molecule has 0 amide bonds. The van der Waals surface area contributed by atoms with Gasteiger partial charge in [0.2, 0.25) is 0 Å². The minimum Gasteiger partial charge on any atom is -0.261 e. The first kappa shape index (κ1) is 16.9. The summed E-state index contributed by atoms with van der Waals surface area (Å²) >= 11 is 1.02. The van der Waals surface area contributed by atoms with E-state index in [0.717, 1.165) is 16.3 Å². The van der Waals surface area contributed by atoms with Crippen molar-refractivity contribution in [3.63, 3.8) is 0 Å². The van der Waals surface area contributed by atoms with Gasteiger partial charge in [-0.2, -0.15) is 8.78 Å². The molecule has 0 fully saturated rings. The van der Waals surface area contributed by atoms with Crippen LogP contribution in [-0.2, 0) is 9.84 Å². The summed E-state index contributed by atoms with van der Waals surface area (Å²) in [5.74, 6) is 0.00138. The van der Waals surface area contributed by atoms with Crippen LogP contribution in [0, 0.1) is 0 Å². The first-order valence-corrected chi connectivity index (χ1v) is 9.78. The van der Waals surface area contributed by atoms with Gasteiger partial charge in [0.15, 0.2) is 15.0 Å². The van der Waals surface area contributed by atoms with Gasteiger partial charge in [-0.3, -0.25) is 4.57 Å². The van der Waals surface area contributed by atoms with Crippen LogP contribution in [0.25, 0.3) is 11.0 Å². The number of hydrogen-bond donors (Lipinski definition) is 0. The van der Waals surface area contributed by atoms with Gasteiger partial charge in [0, 0.05) is 5.75 Å². The van der Waals surface area contributed by atoms with Gasteiger partial charge < -0.3 is 0 Å². The number of sulfone groups is 1. The van der Waals surface area contributed by atoms with E-state index in [1.54, 1.807) is 42.5 Å². The van der Waals surface area contributed by atoms with E-state index in [4.69, 9.17) is 0 Å². The number of alkyl halides is 2. The standard InChI is InChI=1S/C16H14F2N2O2S2/c17-15(18)20-14-9-5-4-8-13(14)19-16(20)23-10-11-24(21,22)12-6-2-1-3-7-12/h1-9,15H,10-11H2. The molecule has 0 aliphatic carbocycles. The lowest BCUT2D eigenvalue weighted by Crippen LogP contribution is -2.09. The summed E-state index contributed by atoms with van der Waals surface area (Å²) in [5, 5.41) is 0.120. The second-order valence-corrected chi connectivity index (χ2v) is 8.18. The highest BCUT2D eigenvalue weighted by molar-refractivity contribution is 8.00. The zero-order chi connectivity index (χ0) is 17.2. The molecule has 0 saturated heterocycles. The molecule has 1 heterocycles. The molecular weight excluding hydrogens is 354 g/mol. The Hall–Kier alpha value is -1.93. The van der Waals surface area contributed by atoms with E-state index >= 15 is 0 Å². The summed E-state index contributed by atoms with van der Waals surface area (Å²) < 4.78 is 51.9. The lowest BCUT2D eigenvalue weighted by Gasteiger charge is -2.07. The number of para-hydroxylation sites is 2. The van der Waals surface area contributed by atoms with Crippen LogP contribution < -0.4 is 0 Å². The summed E-state index contributed by atoms with van der Waals surface area (Å²) in [5.41, 5.74) is 0.798. The van der Waals surface area contributed by atoms with Crippen LogP contribution in [0.1, 0.15) is 6.55 Å². The molecule has 0 bridgehead atoms. The molecule has 4 nitrogen and oxygen atoms in total. The molecule has 24 heavy (non-hydrogen) atoms. The highest BCUT2D eigenvalue weighted by atomic mass is 32.2. The SMILES string of the molecule is O=S(=O)(CCSc1nc2ccccc2n1C(F)F)c1ccccc1. The Kier molecular flexibility index (Phi) is 4.86. The van der Waals surface area contributed by atoms with Crippen molar-refractivity contribution in [2.75, 3.05) is 11.5 Å². The molecule has 3 aromatic rings. The molecule has 0 atom stereocenters. The molecule has 2 aromatic carbocycles. The van der Waals surface area contributed by atoms with Crippen LogP contribution in [0.2, 0.25) is 0 Å². The fraction of sp³-hybridized carbons (Fsp3) is 0.188. The quantitative estimate of drug-likeness (QED) is 0.617. The second kappa shape index (κ2) is 6.90. The van der Waals surface area contributed by atoms with Gasteiger partial charge in [0.25, 0.3) is 0 Å². The summed E-state index contributed by atoms with van der Waals surface area (Å²) in [6, 6.07) is 14.7. The summed E-state index contributed by atoms with van der Waals surface area (Å²) in [6.07, 6.45) is 0. The number of aromatic nitrogens is 2. The topological polar surface area (TPSA) is 52.0 Å². The van der Waals surface area contributed by atoms with Crippen molar-refractivity contribution in [3.8, 4) is 0 Å². The molecule has 0 radical (unpaired) electrons. The van der Waals surface area contributed by atoms with E-state index in [9.17, 15) is 17.2 Å². The maximum atomic E-state index is 13.3. The summed E-state index contributed by atoms with van der Waals surface area (Å²) in [4.78, 5) is 4.41. The third-order valence-electron chi connectivity index (χ3n) is 3.44. The largest absolute Gasteiger partial charge is 0.321 e. The highest BCUT2D eigenvalue weighted by Gasteiger charge is 2.19. The minimum absolute atomic E-state index is 0.120. The lowest BCUT2D eigenvalue weighted by molar-refractivity contribution is 0.0656. The summed E-state index contributed by atoms with van der Waals surface area (Å²) in [6.45, 7) is -2.73. The van der Waals surface area contributed by atoms with Gasteiger partial charge in [-0.05, 0) is 24.3 Å². The molecule has 0 saturated carbocycles. The Labute approximate surface area is 142 Å². The van der Waals surface area contributed by atoms with Crippen molar-refractivity contribution < 1.29 is 17.2 Å². The van der Waals surface area contributed by atoms with Crippen LogP contribution >= 0.6 is 11.8 Å². The van der Waals surface area contributed by atoms with Crippen LogP contribution in [-0.4, -0.2) is 29.5 Å². The number of rotatable bonds is 6. The second-order valence-electron chi connectivity index (χ2n) is 5.01. The van der Waals surface area contributed by atoms with Crippen LogP contribution in [0.4, 0.5) is 8.78 Å². The Bertz CT molecular complexity index is 941. The number of nitrogens with zero attached hydrogens (tertiary/aromatic N) is 2. The average molecular weight is 368 g/mol. The van der Waals surface area contributed by atoms with Crippen molar-refractivity contribution in [1.29, 1.82) is 0 Å². The molecular formula is C16H14F2N2O2S2. The van der Waals surface area contributed by atoms with Gasteiger partial charge in [-0.15, -0.1) is 0 Å². The molecule has 3 rings (SSSR count). The van der Waals surface area contributed by atoms with Crippen molar-refractivity contribution >= 4 is 32.6 Å². The molecule has 0 aliphatic rings. The van der Waals surface area contributed by atoms with Gasteiger partial charge in [-0.1, -0.05) is 42.1 Å². The van der Waals surface area contributed by atoms with Gasteiger partial charge in [0.1, 0.15) is 0 Å². The Morgan fingerprint density at radius 1 is 1.04 bits per heavy atom. The van der Waals surface area contributed by atoms with Crippen molar-refractivity contribution in [3.05, 3.63) is 54.6 Å². The first-order chi connectivity index (χ1) is 11.5. The monoisotopic (exact) mass is 368 g/mol. The van der Waals surface area contributed by atoms with E-state index in [0.29, 0.717) is 11.0 Å². The third-order valence-corrected chi connectivity index (χ3v) is 6.39. The Balaban J connectivity index is 1.78. The number of fused-ring (bicyclic) bond motifs is 1. The first-order valence-electron chi connectivity index (χ1n) is 7.15. The number of benzene rings is 2. The smallest absolute Gasteiger partial charge is 0.261 e. The maximum Gasteiger partial charge on any atom is 0.321 e. The van der Waals surface area contributed by atoms with E-state index in [2.05, 4.69) is 4.98 Å². The molecule has 0 unspecified atom stereocenters. The average Bonchev–Trinajstić information content (AvgIpc) is 2.94. The zero-order valence-electron chi connectivity index (χ0n) is 12.5. The van der Waals surface area contributed by atoms with Crippen LogP contribution in [0.5, 0.6) is 0 Å². The van der Waals surface area contributed by atoms with Crippen molar-refractivity contribution in [2.24, 2.45) is 0 Å². The predicted molar refractivity (Wildman–Crippen MR) is 90.2 cm³/mol. The Morgan fingerprint density at radius 2 is 1.71 bits per heavy atom. The van der Waals surface area contributed by atoms with Crippen LogP contribution in [0.3, 0.4) is 0 Å². The number of imidazole rings is 1. The predicted octanol–water partition coefficient (Wildman–Crippen LogP) is 4.00. The molecule has 8 heteroatoms. The van der Waals surface area contributed by atoms with Crippen molar-refractivity contribution in [1.82, 2.24) is 9.55 Å². The van der Waals surface area contributed by atoms with Gasteiger partial charge in [-0.25, -0.2) is 13.4 Å². The number of halogens is 2. The highest BCUT2D eigenvalue weighted by Crippen LogP contribution is 2.29. The van der Waals surface area contributed by atoms with Gasteiger partial charge >= 0.3 is 6.55 Å². The Morgan fingerprint density at radius 3 is 2.42 bits per heavy atom. The minimum atomic E-state index is -3.44. The third kappa shape index (κ3) is 3.44. The zero-order valence-corrected chi connectivity index (χ0v) is 14.1. The van der Waals surface area contributed by atoms with E-state index in [-0.39, 0.29) is 21.6 Å². The maximum absolute atomic E-state index is 13.3. The fourth-order valence-electron chi connectivity index (χ4n) is 2.30. The lowest BCUT2D eigenvalue weighted by atomic mass is 10.3. The normalized spacial score (nSPS) is 12.1. The van der Waals surface area contributed by atoms with Crippen molar-refractivity contribution in [2.45, 2.75) is 16.6 Å². The van der Waals surface area contributed by atoms with Crippen LogP contribution in [0.15, 0.2) is 64.6 Å². The molecule has 0 aliphatic heterocycles. The number of hydrogen-bond acceptors (Lipinski definition) is 4. The van der Waals surface area contributed by atoms with E-state index in [1.807, 2.05) is 0 Å². The molecule has 1 aromatic heterocycles. The van der Waals surface area contributed by atoms with E-state index < -0.39 is 16.4 Å². The summed E-state index contributed by atoms with van der Waals surface area (Å²) in [7, 11) is -3.44. The fourth-order valence-corrected chi connectivity index (χ4v) is 4.98.